The molecule has 2 fully saturated rings. The predicted molar refractivity (Wildman–Crippen MR) is 116 cm³/mol. The van der Waals surface area contributed by atoms with Crippen LogP contribution in [0, 0.1) is 0 Å². The molecule has 2 saturated heterocycles. The van der Waals surface area contributed by atoms with Crippen molar-refractivity contribution in [1.29, 1.82) is 0 Å². The van der Waals surface area contributed by atoms with Gasteiger partial charge in [0.15, 0.2) is 0 Å². The minimum atomic E-state index is -1.75. The predicted octanol–water partition coefficient (Wildman–Crippen LogP) is 3.57. The van der Waals surface area contributed by atoms with Crippen molar-refractivity contribution in [3.63, 3.8) is 0 Å². The zero-order chi connectivity index (χ0) is 19.5. The molecule has 2 heterocycles. The fourth-order valence-corrected chi connectivity index (χ4v) is 9.49. The van der Waals surface area contributed by atoms with Crippen molar-refractivity contribution in [3.8, 4) is 0 Å². The maximum atomic E-state index is 5.77. The second-order valence-electron chi connectivity index (χ2n) is 7.47. The maximum absolute atomic E-state index is 5.77. The number of unbranched alkanes of at least 4 members (excludes halogenated alkanes) is 2. The van der Waals surface area contributed by atoms with Gasteiger partial charge >= 0.3 is 7.87 Å². The Bertz CT molecular complexity index is 354. The van der Waals surface area contributed by atoms with Gasteiger partial charge < -0.3 is 9.47 Å². The summed E-state index contributed by atoms with van der Waals surface area (Å²) in [5.74, 6) is 0. The summed E-state index contributed by atoms with van der Waals surface area (Å²) in [5.41, 5.74) is 0. The van der Waals surface area contributed by atoms with E-state index in [4.69, 9.17) is 9.47 Å². The Morgan fingerprint density at radius 1 is 0.667 bits per heavy atom. The van der Waals surface area contributed by atoms with E-state index in [0.29, 0.717) is 0 Å². The first-order valence-corrected chi connectivity index (χ1v) is 12.9. The lowest BCUT2D eigenvalue weighted by atomic mass is 10.3. The van der Waals surface area contributed by atoms with Crippen molar-refractivity contribution >= 4 is 7.87 Å². The summed E-state index contributed by atoms with van der Waals surface area (Å²) in [4.78, 5) is 0. The molecule has 0 bridgehead atoms. The normalized spacial score (nSPS) is 20.7. The number of nitrogens with zero attached hydrogens (tertiary/aromatic N) is 4. The van der Waals surface area contributed by atoms with Crippen molar-refractivity contribution in [1.82, 2.24) is 18.7 Å². The van der Waals surface area contributed by atoms with Crippen molar-refractivity contribution in [2.24, 2.45) is 0 Å². The summed E-state index contributed by atoms with van der Waals surface area (Å²) >= 11 is 0. The number of morpholine rings is 2. The topological polar surface area (TPSA) is 31.4 Å². The van der Waals surface area contributed by atoms with Crippen LogP contribution in [0.15, 0.2) is 0 Å². The lowest BCUT2D eigenvalue weighted by molar-refractivity contribution is 0.0416. The molecule has 27 heavy (non-hydrogen) atoms. The molecule has 0 amide bonds. The third-order valence-electron chi connectivity index (χ3n) is 5.76. The van der Waals surface area contributed by atoms with E-state index >= 15 is 0 Å². The van der Waals surface area contributed by atoms with Gasteiger partial charge in [-0.2, -0.15) is 0 Å². The fourth-order valence-electron chi connectivity index (χ4n) is 4.36. The van der Waals surface area contributed by atoms with Gasteiger partial charge in [-0.25, -0.2) is 0 Å². The summed E-state index contributed by atoms with van der Waals surface area (Å²) in [6.07, 6.45) is 5.05. The lowest BCUT2D eigenvalue weighted by Crippen LogP contribution is -2.57. The monoisotopic (exact) mass is 403 g/mol. The number of rotatable bonds is 12. The Labute approximate surface area is 168 Å². The smallest absolute Gasteiger partial charge is 0.308 e. The molecule has 0 N–H and O–H groups in total. The van der Waals surface area contributed by atoms with Crippen LogP contribution in [0.2, 0.25) is 0 Å². The van der Waals surface area contributed by atoms with Gasteiger partial charge in [0.25, 0.3) is 0 Å². The zero-order valence-corrected chi connectivity index (χ0v) is 19.3. The standard InChI is InChI=1S/C20H44N4O2P/c1-5-9-11-21(7-3)27(22(8-4)12-10-6-2,23-13-17-25-18-14-23)24-15-19-26-20-16-24/h5-20H2,1-4H3/q+1. The Morgan fingerprint density at radius 3 is 1.33 bits per heavy atom. The first-order valence-electron chi connectivity index (χ1n) is 11.3. The average molecular weight is 404 g/mol. The van der Waals surface area contributed by atoms with E-state index in [9.17, 15) is 0 Å². The van der Waals surface area contributed by atoms with Crippen LogP contribution in [0.25, 0.3) is 0 Å². The van der Waals surface area contributed by atoms with Crippen LogP contribution in [0.4, 0.5) is 0 Å². The van der Waals surface area contributed by atoms with Gasteiger partial charge in [0, 0.05) is 26.2 Å². The van der Waals surface area contributed by atoms with Crippen molar-refractivity contribution in [3.05, 3.63) is 0 Å². The van der Waals surface area contributed by atoms with Crippen LogP contribution in [-0.2, 0) is 9.47 Å². The van der Waals surface area contributed by atoms with Gasteiger partial charge in [-0.1, -0.05) is 26.7 Å². The second kappa shape index (κ2) is 12.7. The number of ether oxygens (including phenoxy) is 2. The molecule has 0 aromatic heterocycles. The molecule has 160 valence electrons. The first-order chi connectivity index (χ1) is 13.2. The summed E-state index contributed by atoms with van der Waals surface area (Å²) in [6, 6.07) is 0. The third-order valence-corrected chi connectivity index (χ3v) is 10.6. The summed E-state index contributed by atoms with van der Waals surface area (Å²) in [6.45, 7) is 21.6. The third kappa shape index (κ3) is 5.63. The van der Waals surface area contributed by atoms with Crippen LogP contribution in [0.5, 0.6) is 0 Å². The van der Waals surface area contributed by atoms with E-state index in [1.807, 2.05) is 0 Å². The molecule has 0 aromatic rings. The van der Waals surface area contributed by atoms with Crippen LogP contribution < -0.4 is 0 Å². The van der Waals surface area contributed by atoms with Gasteiger partial charge in [-0.05, 0) is 26.7 Å². The molecule has 0 radical (unpaired) electrons. The Kier molecular flexibility index (Phi) is 11.0. The average Bonchev–Trinajstić information content (AvgIpc) is 2.74. The van der Waals surface area contributed by atoms with Crippen molar-refractivity contribution in [2.45, 2.75) is 53.4 Å². The highest BCUT2D eigenvalue weighted by atomic mass is 31.2. The fraction of sp³-hybridized carbons (Fsp3) is 1.00. The Morgan fingerprint density at radius 2 is 1.04 bits per heavy atom. The lowest BCUT2D eigenvalue weighted by Gasteiger charge is -2.52. The Hall–Kier alpha value is 0.190. The van der Waals surface area contributed by atoms with E-state index in [-0.39, 0.29) is 0 Å². The van der Waals surface area contributed by atoms with Crippen molar-refractivity contribution in [2.75, 3.05) is 78.8 Å². The van der Waals surface area contributed by atoms with Gasteiger partial charge in [0.2, 0.25) is 0 Å². The van der Waals surface area contributed by atoms with E-state index in [1.54, 1.807) is 0 Å². The second-order valence-corrected chi connectivity index (χ2v) is 10.8. The molecule has 0 aromatic carbocycles. The maximum Gasteiger partial charge on any atom is 0.308 e. The Balaban J connectivity index is 2.46. The molecule has 0 saturated carbocycles. The largest absolute Gasteiger partial charge is 0.378 e. The van der Waals surface area contributed by atoms with E-state index in [0.717, 1.165) is 65.7 Å². The zero-order valence-electron chi connectivity index (χ0n) is 18.4. The number of hydrogen-bond donors (Lipinski definition) is 0. The summed E-state index contributed by atoms with van der Waals surface area (Å²) in [7, 11) is -1.75. The molecule has 2 rings (SSSR count). The molecule has 2 aliphatic heterocycles. The summed E-state index contributed by atoms with van der Waals surface area (Å²) in [5, 5.41) is 0. The van der Waals surface area contributed by atoms with Crippen molar-refractivity contribution < 1.29 is 9.47 Å². The molecule has 0 unspecified atom stereocenters. The highest BCUT2D eigenvalue weighted by molar-refractivity contribution is 7.66. The summed E-state index contributed by atoms with van der Waals surface area (Å²) < 4.78 is 22.9. The highest BCUT2D eigenvalue weighted by Gasteiger charge is 2.60. The van der Waals surface area contributed by atoms with Gasteiger partial charge in [0.05, 0.1) is 52.6 Å². The molecule has 0 aliphatic carbocycles. The van der Waals surface area contributed by atoms with E-state index in [2.05, 4.69) is 46.4 Å². The quantitative estimate of drug-likeness (QED) is 0.463. The van der Waals surface area contributed by atoms with Crippen LogP contribution in [0.3, 0.4) is 0 Å². The molecule has 0 spiro atoms. The van der Waals surface area contributed by atoms with Gasteiger partial charge in [-0.3, -0.25) is 0 Å². The van der Waals surface area contributed by atoms with Crippen LogP contribution >= 0.6 is 7.87 Å². The molecular weight excluding hydrogens is 359 g/mol. The highest BCUT2D eigenvalue weighted by Crippen LogP contribution is 2.70. The van der Waals surface area contributed by atoms with Gasteiger partial charge in [-0.15, -0.1) is 18.7 Å². The minimum Gasteiger partial charge on any atom is -0.378 e. The van der Waals surface area contributed by atoms with Crippen LogP contribution in [-0.4, -0.2) is 97.5 Å². The van der Waals surface area contributed by atoms with Crippen LogP contribution in [0.1, 0.15) is 53.4 Å². The molecule has 2 aliphatic rings. The minimum absolute atomic E-state index is 0.864. The number of hydrogen-bond acceptors (Lipinski definition) is 6. The molecule has 6 nitrogen and oxygen atoms in total. The molecule has 0 atom stereocenters. The SMILES string of the molecule is CCCCN(CC)[P+](N(CC)CCCC)(N1CCOCC1)N1CCOCC1. The van der Waals surface area contributed by atoms with Gasteiger partial charge in [0.1, 0.15) is 0 Å². The first kappa shape index (κ1) is 23.5. The van der Waals surface area contributed by atoms with E-state index in [1.165, 1.54) is 38.8 Å². The molecule has 7 heteroatoms. The van der Waals surface area contributed by atoms with E-state index < -0.39 is 7.87 Å². The molecular formula is C20H44N4O2P+.